The number of benzene rings is 3. The molecule has 0 unspecified atom stereocenters. The number of piperazine rings is 1. The van der Waals surface area contributed by atoms with Gasteiger partial charge < -0.3 is 10.2 Å². The van der Waals surface area contributed by atoms with Crippen LogP contribution in [0.5, 0.6) is 0 Å². The molecule has 2 amide bonds. The highest BCUT2D eigenvalue weighted by atomic mass is 35.5. The van der Waals surface area contributed by atoms with Crippen LogP contribution in [0.15, 0.2) is 78.9 Å². The van der Waals surface area contributed by atoms with Gasteiger partial charge in [-0.2, -0.15) is 0 Å². The van der Waals surface area contributed by atoms with E-state index in [1.807, 2.05) is 71.6 Å². The molecule has 32 heavy (non-hydrogen) atoms. The van der Waals surface area contributed by atoms with Gasteiger partial charge in [-0.15, -0.1) is 0 Å². The van der Waals surface area contributed by atoms with Gasteiger partial charge in [-0.25, -0.2) is 0 Å². The lowest BCUT2D eigenvalue weighted by Gasteiger charge is -2.34. The van der Waals surface area contributed by atoms with Gasteiger partial charge in [0.1, 0.15) is 0 Å². The van der Waals surface area contributed by atoms with Crippen LogP contribution in [0.2, 0.25) is 5.02 Å². The molecule has 0 saturated carbocycles. The summed E-state index contributed by atoms with van der Waals surface area (Å²) in [6, 6.07) is 25.0. The van der Waals surface area contributed by atoms with Crippen molar-refractivity contribution < 1.29 is 9.59 Å². The summed E-state index contributed by atoms with van der Waals surface area (Å²) >= 11 is 6.17. The average Bonchev–Trinajstić information content (AvgIpc) is 2.84. The SMILES string of the molecule is O=C(CCN1CCN(C(=O)c2ccccc2Cl)CC1)Nc1ccccc1-c1ccccc1. The number of hydrogen-bond donors (Lipinski definition) is 1. The van der Waals surface area contributed by atoms with Crippen molar-refractivity contribution in [3.63, 3.8) is 0 Å². The second kappa shape index (κ2) is 10.4. The second-order valence-corrected chi connectivity index (χ2v) is 8.23. The highest BCUT2D eigenvalue weighted by molar-refractivity contribution is 6.33. The zero-order valence-corrected chi connectivity index (χ0v) is 18.6. The summed E-state index contributed by atoms with van der Waals surface area (Å²) in [7, 11) is 0. The zero-order chi connectivity index (χ0) is 22.3. The number of carbonyl (C=O) groups is 2. The summed E-state index contributed by atoms with van der Waals surface area (Å²) in [6.07, 6.45) is 0.404. The van der Waals surface area contributed by atoms with Crippen LogP contribution in [0.3, 0.4) is 0 Å². The van der Waals surface area contributed by atoms with E-state index in [1.54, 1.807) is 12.1 Å². The Bertz CT molecular complexity index is 1080. The number of anilines is 1. The Morgan fingerprint density at radius 1 is 0.812 bits per heavy atom. The van der Waals surface area contributed by atoms with Crippen LogP contribution in [0.25, 0.3) is 11.1 Å². The van der Waals surface area contributed by atoms with Gasteiger partial charge in [0.05, 0.1) is 10.6 Å². The number of para-hydroxylation sites is 1. The molecule has 1 saturated heterocycles. The Kier molecular flexibility index (Phi) is 7.20. The van der Waals surface area contributed by atoms with Crippen LogP contribution in [-0.2, 0) is 4.79 Å². The molecule has 0 spiro atoms. The van der Waals surface area contributed by atoms with Crippen molar-refractivity contribution in [2.24, 2.45) is 0 Å². The van der Waals surface area contributed by atoms with Gasteiger partial charge in [0.15, 0.2) is 0 Å². The second-order valence-electron chi connectivity index (χ2n) is 7.82. The standard InChI is InChI=1S/C26H26ClN3O2/c27-23-12-6-4-11-22(23)26(32)30-18-16-29(17-19-30)15-14-25(31)28-24-13-7-5-10-21(24)20-8-2-1-3-9-20/h1-13H,14-19H2,(H,28,31). The number of halogens is 1. The van der Waals surface area contributed by atoms with Crippen LogP contribution >= 0.6 is 11.6 Å². The molecule has 0 atom stereocenters. The third kappa shape index (κ3) is 5.36. The number of rotatable bonds is 6. The molecule has 1 N–H and O–H groups in total. The molecule has 1 fully saturated rings. The fourth-order valence-electron chi connectivity index (χ4n) is 3.91. The molecule has 3 aromatic rings. The molecular weight excluding hydrogens is 422 g/mol. The predicted octanol–water partition coefficient (Wildman–Crippen LogP) is 4.79. The first-order chi connectivity index (χ1) is 15.6. The van der Waals surface area contributed by atoms with Crippen molar-refractivity contribution in [1.82, 2.24) is 9.80 Å². The van der Waals surface area contributed by atoms with E-state index in [9.17, 15) is 9.59 Å². The van der Waals surface area contributed by atoms with Crippen LogP contribution in [0, 0.1) is 0 Å². The van der Waals surface area contributed by atoms with Gasteiger partial charge in [0.25, 0.3) is 5.91 Å². The van der Waals surface area contributed by atoms with Crippen molar-refractivity contribution in [2.75, 3.05) is 38.0 Å². The minimum atomic E-state index is -0.0366. The Hall–Kier alpha value is -3.15. The lowest BCUT2D eigenvalue weighted by atomic mass is 10.0. The third-order valence-electron chi connectivity index (χ3n) is 5.70. The fraction of sp³-hybridized carbons (Fsp3) is 0.231. The van der Waals surface area contributed by atoms with Gasteiger partial charge in [-0.3, -0.25) is 14.5 Å². The van der Waals surface area contributed by atoms with Gasteiger partial charge in [-0.05, 0) is 23.8 Å². The molecule has 0 bridgehead atoms. The zero-order valence-electron chi connectivity index (χ0n) is 17.8. The number of nitrogens with zero attached hydrogens (tertiary/aromatic N) is 2. The number of amides is 2. The highest BCUT2D eigenvalue weighted by Gasteiger charge is 2.23. The summed E-state index contributed by atoms with van der Waals surface area (Å²) in [6.45, 7) is 3.40. The van der Waals surface area contributed by atoms with Crippen LogP contribution in [0.1, 0.15) is 16.8 Å². The smallest absolute Gasteiger partial charge is 0.255 e. The molecule has 3 aromatic carbocycles. The maximum absolute atomic E-state index is 12.7. The van der Waals surface area contributed by atoms with Gasteiger partial charge in [-0.1, -0.05) is 72.3 Å². The fourth-order valence-corrected chi connectivity index (χ4v) is 4.13. The normalized spacial score (nSPS) is 14.2. The van der Waals surface area contributed by atoms with Crippen molar-refractivity contribution in [1.29, 1.82) is 0 Å². The van der Waals surface area contributed by atoms with E-state index < -0.39 is 0 Å². The molecule has 0 aromatic heterocycles. The summed E-state index contributed by atoms with van der Waals surface area (Å²) < 4.78 is 0. The summed E-state index contributed by atoms with van der Waals surface area (Å²) in [4.78, 5) is 29.4. The molecule has 4 rings (SSSR count). The molecule has 1 aliphatic rings. The maximum atomic E-state index is 12.7. The number of hydrogen-bond acceptors (Lipinski definition) is 3. The van der Waals surface area contributed by atoms with E-state index in [4.69, 9.17) is 11.6 Å². The summed E-state index contributed by atoms with van der Waals surface area (Å²) in [5, 5.41) is 3.54. The number of carbonyl (C=O) groups excluding carboxylic acids is 2. The minimum Gasteiger partial charge on any atom is -0.336 e. The molecule has 164 valence electrons. The Balaban J connectivity index is 1.28. The summed E-state index contributed by atoms with van der Waals surface area (Å²) in [5.74, 6) is -0.0477. The van der Waals surface area contributed by atoms with E-state index in [0.29, 0.717) is 36.6 Å². The first kappa shape index (κ1) is 22.1. The van der Waals surface area contributed by atoms with Gasteiger partial charge in [0, 0.05) is 50.4 Å². The quantitative estimate of drug-likeness (QED) is 0.590. The van der Waals surface area contributed by atoms with Crippen molar-refractivity contribution in [3.05, 3.63) is 89.4 Å². The summed E-state index contributed by atoms with van der Waals surface area (Å²) in [5.41, 5.74) is 3.44. The van der Waals surface area contributed by atoms with Crippen molar-refractivity contribution in [3.8, 4) is 11.1 Å². The van der Waals surface area contributed by atoms with Crippen LogP contribution < -0.4 is 5.32 Å². The van der Waals surface area contributed by atoms with E-state index in [2.05, 4.69) is 10.2 Å². The third-order valence-corrected chi connectivity index (χ3v) is 6.03. The van der Waals surface area contributed by atoms with Crippen LogP contribution in [0.4, 0.5) is 5.69 Å². The maximum Gasteiger partial charge on any atom is 0.255 e. The largest absolute Gasteiger partial charge is 0.336 e. The van der Waals surface area contributed by atoms with E-state index in [0.717, 1.165) is 29.9 Å². The van der Waals surface area contributed by atoms with E-state index in [-0.39, 0.29) is 11.8 Å². The predicted molar refractivity (Wildman–Crippen MR) is 129 cm³/mol. The number of nitrogens with one attached hydrogen (secondary N) is 1. The minimum absolute atomic E-state index is 0.0112. The molecule has 1 heterocycles. The highest BCUT2D eigenvalue weighted by Crippen LogP contribution is 2.27. The van der Waals surface area contributed by atoms with Crippen molar-refractivity contribution in [2.45, 2.75) is 6.42 Å². The monoisotopic (exact) mass is 447 g/mol. The lowest BCUT2D eigenvalue weighted by Crippen LogP contribution is -2.49. The van der Waals surface area contributed by atoms with E-state index in [1.165, 1.54) is 0 Å². The Labute approximate surface area is 193 Å². The topological polar surface area (TPSA) is 52.7 Å². The average molecular weight is 448 g/mol. The van der Waals surface area contributed by atoms with Gasteiger partial charge >= 0.3 is 0 Å². The van der Waals surface area contributed by atoms with Crippen molar-refractivity contribution >= 4 is 29.1 Å². The first-order valence-electron chi connectivity index (χ1n) is 10.8. The molecule has 6 heteroatoms. The lowest BCUT2D eigenvalue weighted by molar-refractivity contribution is -0.116. The van der Waals surface area contributed by atoms with Gasteiger partial charge in [0.2, 0.25) is 5.91 Å². The van der Waals surface area contributed by atoms with E-state index >= 15 is 0 Å². The molecule has 5 nitrogen and oxygen atoms in total. The molecule has 0 radical (unpaired) electrons. The first-order valence-corrected chi connectivity index (χ1v) is 11.2. The Morgan fingerprint density at radius 2 is 1.47 bits per heavy atom. The Morgan fingerprint density at radius 3 is 2.22 bits per heavy atom. The molecule has 0 aliphatic carbocycles. The molecular formula is C26H26ClN3O2. The molecule has 1 aliphatic heterocycles. The van der Waals surface area contributed by atoms with Crippen LogP contribution in [-0.4, -0.2) is 54.3 Å².